The van der Waals surface area contributed by atoms with Gasteiger partial charge in [0.2, 0.25) is 5.92 Å². The maximum Gasteiger partial charge on any atom is 0.390 e. The largest absolute Gasteiger partial charge is 0.390 e. The van der Waals surface area contributed by atoms with Crippen LogP contribution < -0.4 is 11.1 Å². The van der Waals surface area contributed by atoms with Crippen molar-refractivity contribution in [3.05, 3.63) is 29.6 Å². The molecule has 3 rings (SSSR count). The van der Waals surface area contributed by atoms with Crippen LogP contribution in [-0.4, -0.2) is 42.9 Å². The van der Waals surface area contributed by atoms with E-state index in [1.54, 1.807) is 13.0 Å². The number of hydrogen-bond acceptors (Lipinski definition) is 4. The molecule has 0 spiro atoms. The number of benzene rings is 1. The Bertz CT molecular complexity index is 1000. The second kappa shape index (κ2) is 11.4. The molecule has 1 aromatic carbocycles. The lowest BCUT2D eigenvalue weighted by molar-refractivity contribution is -0.133. The molecule has 11 heteroatoms. The van der Waals surface area contributed by atoms with Gasteiger partial charge in [-0.15, -0.1) is 0 Å². The molecule has 0 aliphatic heterocycles. The Morgan fingerprint density at radius 3 is 2.64 bits per heavy atom. The van der Waals surface area contributed by atoms with Crippen LogP contribution in [0.4, 0.5) is 22.0 Å². The van der Waals surface area contributed by atoms with Gasteiger partial charge in [0.1, 0.15) is 12.6 Å². The molecular weight excluding hydrogens is 495 g/mol. The molecule has 2 aromatic rings. The summed E-state index contributed by atoms with van der Waals surface area (Å²) in [6, 6.07) is 5.48. The zero-order chi connectivity index (χ0) is 26.7. The normalized spacial score (nSPS) is 20.6. The van der Waals surface area contributed by atoms with Gasteiger partial charge in [0, 0.05) is 40.1 Å². The van der Waals surface area contributed by atoms with Crippen molar-refractivity contribution in [1.29, 1.82) is 0 Å². The summed E-state index contributed by atoms with van der Waals surface area (Å²) in [6.07, 6.45) is -4.48. The van der Waals surface area contributed by atoms with Gasteiger partial charge in [-0.25, -0.2) is 13.8 Å². The van der Waals surface area contributed by atoms with Crippen LogP contribution in [0.3, 0.4) is 0 Å². The van der Waals surface area contributed by atoms with E-state index in [0.717, 1.165) is 17.1 Å². The third kappa shape index (κ3) is 8.22. The Morgan fingerprint density at radius 2 is 2.00 bits per heavy atom. The lowest BCUT2D eigenvalue weighted by atomic mass is 9.82. The van der Waals surface area contributed by atoms with E-state index in [-0.39, 0.29) is 32.2 Å². The van der Waals surface area contributed by atoms with E-state index in [9.17, 15) is 22.0 Å². The van der Waals surface area contributed by atoms with Gasteiger partial charge in [-0.1, -0.05) is 25.7 Å². The molecule has 1 aliphatic rings. The fraction of sp³-hybridized carbons (Fsp3) is 0.720. The molecule has 0 radical (unpaired) electrons. The fourth-order valence-electron chi connectivity index (χ4n) is 4.63. The third-order valence-electron chi connectivity index (χ3n) is 6.86. The Kier molecular flexibility index (Phi) is 9.22. The van der Waals surface area contributed by atoms with Crippen molar-refractivity contribution < 1.29 is 26.7 Å². The maximum atomic E-state index is 14.1. The first-order valence-corrected chi connectivity index (χ1v) is 16.4. The average molecular weight is 535 g/mol. The number of ether oxygens (including phenoxy) is 1. The van der Waals surface area contributed by atoms with E-state index in [1.165, 1.54) is 0 Å². The molecule has 0 unspecified atom stereocenters. The van der Waals surface area contributed by atoms with Gasteiger partial charge >= 0.3 is 6.18 Å². The Morgan fingerprint density at radius 1 is 1.28 bits per heavy atom. The second-order valence-corrected chi connectivity index (χ2v) is 16.9. The number of fused-ring (bicyclic) bond motifs is 1. The van der Waals surface area contributed by atoms with Gasteiger partial charge < -0.3 is 20.4 Å². The minimum absolute atomic E-state index is 0.116. The van der Waals surface area contributed by atoms with Gasteiger partial charge in [0.05, 0.1) is 23.5 Å². The van der Waals surface area contributed by atoms with Gasteiger partial charge in [0.25, 0.3) is 0 Å². The van der Waals surface area contributed by atoms with E-state index in [0.29, 0.717) is 30.8 Å². The van der Waals surface area contributed by atoms with Crippen LogP contribution in [0.2, 0.25) is 25.7 Å². The summed E-state index contributed by atoms with van der Waals surface area (Å²) in [5, 5.41) is 2.91. The molecule has 0 amide bonds. The minimum atomic E-state index is -4.22. The number of aromatic nitrogens is 2. The summed E-state index contributed by atoms with van der Waals surface area (Å²) in [5.41, 5.74) is 8.74. The van der Waals surface area contributed by atoms with E-state index in [2.05, 4.69) is 25.0 Å². The molecule has 36 heavy (non-hydrogen) atoms. The van der Waals surface area contributed by atoms with Crippen molar-refractivity contribution >= 4 is 19.1 Å². The number of rotatable bonds is 11. The predicted octanol–water partition coefficient (Wildman–Crippen LogP) is 6.78. The molecule has 0 saturated heterocycles. The van der Waals surface area contributed by atoms with Crippen molar-refractivity contribution in [1.82, 2.24) is 14.9 Å². The van der Waals surface area contributed by atoms with Gasteiger partial charge in [0.15, 0.2) is 0 Å². The van der Waals surface area contributed by atoms with Crippen LogP contribution in [0.5, 0.6) is 0 Å². The predicted molar refractivity (Wildman–Crippen MR) is 135 cm³/mol. The Labute approximate surface area is 211 Å². The molecule has 0 bridgehead atoms. The summed E-state index contributed by atoms with van der Waals surface area (Å²) in [5.74, 6) is -2.61. The Hall–Kier alpha value is -1.56. The molecule has 1 aliphatic carbocycles. The molecular formula is C25H39F5N4OSi. The lowest BCUT2D eigenvalue weighted by Crippen LogP contribution is -2.34. The summed E-state index contributed by atoms with van der Waals surface area (Å²) in [4.78, 5) is 4.71. The smallest absolute Gasteiger partial charge is 0.361 e. The third-order valence-corrected chi connectivity index (χ3v) is 8.57. The summed E-state index contributed by atoms with van der Waals surface area (Å²) >= 11 is 0. The van der Waals surface area contributed by atoms with Gasteiger partial charge in [-0.05, 0) is 49.4 Å². The molecule has 3 N–H and O–H groups in total. The monoisotopic (exact) mass is 534 g/mol. The van der Waals surface area contributed by atoms with Crippen LogP contribution in [-0.2, 0) is 11.5 Å². The summed E-state index contributed by atoms with van der Waals surface area (Å²) in [6.45, 7) is 9.15. The van der Waals surface area contributed by atoms with Crippen molar-refractivity contribution in [3.63, 3.8) is 0 Å². The van der Waals surface area contributed by atoms with Gasteiger partial charge in [-0.3, -0.25) is 0 Å². The van der Waals surface area contributed by atoms with Gasteiger partial charge in [-0.2, -0.15) is 13.2 Å². The topological polar surface area (TPSA) is 65.1 Å². The number of imidazole rings is 1. The number of halogens is 5. The van der Waals surface area contributed by atoms with Crippen molar-refractivity contribution in [2.24, 2.45) is 11.7 Å². The second-order valence-electron chi connectivity index (χ2n) is 11.3. The SMILES string of the molecule is C[C@@H](NCCC(F)(F)F)c1ccc2nc([C@@H](N)[C@@H]3CCCC(F)(F)C3)n(COCC[Si](C)(C)C)c2c1. The molecule has 1 heterocycles. The number of alkyl halides is 5. The average Bonchev–Trinajstić information content (AvgIpc) is 3.11. The zero-order valence-corrected chi connectivity index (χ0v) is 22.6. The van der Waals surface area contributed by atoms with Crippen LogP contribution in [0.25, 0.3) is 11.0 Å². The highest BCUT2D eigenvalue weighted by atomic mass is 28.3. The molecule has 204 valence electrons. The van der Waals surface area contributed by atoms with Crippen LogP contribution in [0.1, 0.15) is 62.5 Å². The summed E-state index contributed by atoms with van der Waals surface area (Å²) in [7, 11) is -1.31. The molecule has 5 nitrogen and oxygen atoms in total. The molecule has 1 aromatic heterocycles. The highest BCUT2D eigenvalue weighted by Gasteiger charge is 2.40. The maximum absolute atomic E-state index is 14.1. The molecule has 3 atom stereocenters. The summed E-state index contributed by atoms with van der Waals surface area (Å²) < 4.78 is 73.8. The number of hydrogen-bond donors (Lipinski definition) is 2. The number of nitrogens with two attached hydrogens (primary N) is 1. The van der Waals surface area contributed by atoms with Crippen LogP contribution in [0.15, 0.2) is 18.2 Å². The number of nitrogens with zero attached hydrogens (tertiary/aromatic N) is 2. The lowest BCUT2D eigenvalue weighted by Gasteiger charge is -2.32. The first-order valence-electron chi connectivity index (χ1n) is 12.7. The molecule has 1 fully saturated rings. The Balaban J connectivity index is 1.87. The van der Waals surface area contributed by atoms with Crippen molar-refractivity contribution in [3.8, 4) is 0 Å². The van der Waals surface area contributed by atoms with Crippen molar-refractivity contribution in [2.75, 3.05) is 13.2 Å². The van der Waals surface area contributed by atoms with E-state index < -0.39 is 38.6 Å². The number of nitrogens with one attached hydrogen (secondary N) is 1. The van der Waals surface area contributed by atoms with E-state index in [1.807, 2.05) is 16.7 Å². The highest BCUT2D eigenvalue weighted by molar-refractivity contribution is 6.76. The minimum Gasteiger partial charge on any atom is -0.361 e. The standard InChI is InChI=1S/C25H39F5N4OSi/c1-17(32-11-10-25(28,29)30)18-7-8-20-21(14-18)34(16-35-12-13-36(2,3)4)23(33-20)22(31)19-6-5-9-24(26,27)15-19/h7-8,14,17,19,22,32H,5-6,9-13,15-16,31H2,1-4H3/t17-,19-,22+/m1/s1. The first kappa shape index (κ1) is 29.0. The van der Waals surface area contributed by atoms with E-state index >= 15 is 0 Å². The molecule has 1 saturated carbocycles. The highest BCUT2D eigenvalue weighted by Crippen LogP contribution is 2.41. The zero-order valence-electron chi connectivity index (χ0n) is 21.6. The first-order chi connectivity index (χ1) is 16.7. The van der Waals surface area contributed by atoms with Crippen molar-refractivity contribution in [2.45, 2.75) is 95.6 Å². The quantitative estimate of drug-likeness (QED) is 0.190. The van der Waals surface area contributed by atoms with Crippen LogP contribution in [0, 0.1) is 5.92 Å². The van der Waals surface area contributed by atoms with E-state index in [4.69, 9.17) is 15.5 Å². The fourth-order valence-corrected chi connectivity index (χ4v) is 5.38. The van der Waals surface area contributed by atoms with Crippen LogP contribution >= 0.6 is 0 Å².